The number of amides is 1. The SMILES string of the molecule is CO[C@]1(CN2CCN3CCCC[C@@H]3C2)/C=C/C[C@H](C)[C@@H](CC=O)S(=O)(=O)NC(=O)c2ccc3c(c2)N(CCCCc2cc(Cl)ccc2CO3)C[C@@H]2CC[C@H]21. The molecule has 2 saturated heterocycles. The minimum Gasteiger partial charge on any atom is -0.487 e. The number of ether oxygens (including phenoxy) is 2. The van der Waals surface area contributed by atoms with E-state index in [0.29, 0.717) is 42.0 Å². The second-order valence-electron chi connectivity index (χ2n) is 16.3. The van der Waals surface area contributed by atoms with Crippen molar-refractivity contribution in [2.75, 3.05) is 57.8 Å². The molecule has 1 amide bonds. The van der Waals surface area contributed by atoms with E-state index in [4.69, 9.17) is 21.1 Å². The molecule has 2 aromatic carbocycles. The van der Waals surface area contributed by atoms with E-state index in [9.17, 15) is 18.0 Å². The van der Waals surface area contributed by atoms with Crippen molar-refractivity contribution in [3.8, 4) is 5.75 Å². The molecule has 2 aromatic rings. The Kier molecular flexibility index (Phi) is 12.4. The zero-order valence-corrected chi connectivity index (χ0v) is 33.5. The van der Waals surface area contributed by atoms with E-state index < -0.39 is 32.7 Å². The monoisotopic (exact) mass is 780 g/mol. The molecule has 6 atom stereocenters. The van der Waals surface area contributed by atoms with Gasteiger partial charge in [-0.25, -0.2) is 13.1 Å². The lowest BCUT2D eigenvalue weighted by Gasteiger charge is -2.53. The summed E-state index contributed by atoms with van der Waals surface area (Å²) in [7, 11) is -2.37. The Labute approximate surface area is 326 Å². The molecule has 4 aliphatic heterocycles. The first kappa shape index (κ1) is 39.3. The Morgan fingerprint density at radius 3 is 2.65 bits per heavy atom. The molecule has 3 fully saturated rings. The molecular formula is C42H57ClN4O6S. The summed E-state index contributed by atoms with van der Waals surface area (Å²) in [6.45, 7) is 8.74. The van der Waals surface area contributed by atoms with Gasteiger partial charge in [0.05, 0.1) is 10.9 Å². The minimum absolute atomic E-state index is 0.206. The highest BCUT2D eigenvalue weighted by atomic mass is 35.5. The fourth-order valence-electron chi connectivity index (χ4n) is 9.74. The average molecular weight is 781 g/mol. The predicted octanol–water partition coefficient (Wildman–Crippen LogP) is 6.26. The van der Waals surface area contributed by atoms with Crippen LogP contribution in [0.3, 0.4) is 0 Å². The number of hydrogen-bond donors (Lipinski definition) is 1. The number of aryl methyl sites for hydroxylation is 1. The number of halogens is 1. The quantitative estimate of drug-likeness (QED) is 0.278. The van der Waals surface area contributed by atoms with Gasteiger partial charge in [-0.1, -0.05) is 43.2 Å². The summed E-state index contributed by atoms with van der Waals surface area (Å²) in [6, 6.07) is 11.7. The molecule has 7 rings (SSSR count). The Balaban J connectivity index is 1.27. The van der Waals surface area contributed by atoms with Crippen LogP contribution in [0.4, 0.5) is 5.69 Å². The van der Waals surface area contributed by atoms with Gasteiger partial charge < -0.3 is 19.2 Å². The molecule has 0 spiro atoms. The van der Waals surface area contributed by atoms with Gasteiger partial charge in [-0.2, -0.15) is 0 Å². The van der Waals surface area contributed by atoms with Crippen LogP contribution in [-0.2, 0) is 32.6 Å². The molecule has 12 heteroatoms. The summed E-state index contributed by atoms with van der Waals surface area (Å²) in [5.41, 5.74) is 2.69. The smallest absolute Gasteiger partial charge is 0.264 e. The summed E-state index contributed by atoms with van der Waals surface area (Å²) >= 11 is 6.41. The predicted molar refractivity (Wildman–Crippen MR) is 213 cm³/mol. The fraction of sp³-hybridized carbons (Fsp3) is 0.619. The van der Waals surface area contributed by atoms with Crippen LogP contribution in [0.25, 0.3) is 0 Å². The van der Waals surface area contributed by atoms with Crippen LogP contribution in [0.5, 0.6) is 5.75 Å². The summed E-state index contributed by atoms with van der Waals surface area (Å²) < 4.78 is 43.2. The van der Waals surface area contributed by atoms with Crippen molar-refractivity contribution >= 4 is 39.5 Å². The Morgan fingerprint density at radius 1 is 1.00 bits per heavy atom. The van der Waals surface area contributed by atoms with Crippen LogP contribution in [-0.4, -0.2) is 100 Å². The third kappa shape index (κ3) is 8.55. The molecule has 1 saturated carbocycles. The standard InChI is InChI=1S/C42H57ClN4O6S/c1-30-8-7-18-42(52-2,29-45-21-22-46-19-6-4-10-36(46)27-45)37-15-12-33(37)26-47-20-5-3-9-31-24-35(43)14-11-34(31)28-53-39-16-13-32(25-38(39)47)41(49)44-54(50,51)40(30)17-23-48/h7,11,13-14,16,18,23-25,30,33,36-37,40H,3-6,8-10,12,15,17,19-22,26-29H2,1-2H3,(H,44,49)/b18-7+/t30-,33-,36+,37+,40+,42-/m0/s1. The summed E-state index contributed by atoms with van der Waals surface area (Å²) in [4.78, 5) is 33.2. The van der Waals surface area contributed by atoms with Gasteiger partial charge in [-0.05, 0) is 117 Å². The summed E-state index contributed by atoms with van der Waals surface area (Å²) in [6.07, 6.45) is 13.8. The van der Waals surface area contributed by atoms with Crippen LogP contribution in [0.2, 0.25) is 5.02 Å². The minimum atomic E-state index is -4.20. The lowest BCUT2D eigenvalue weighted by Crippen LogP contribution is -2.61. The van der Waals surface area contributed by atoms with Crippen LogP contribution in [0.1, 0.15) is 86.2 Å². The lowest BCUT2D eigenvalue weighted by molar-refractivity contribution is -0.108. The van der Waals surface area contributed by atoms with Gasteiger partial charge in [0.1, 0.15) is 24.2 Å². The molecule has 4 heterocycles. The average Bonchev–Trinajstić information content (AvgIpc) is 3.17. The maximum atomic E-state index is 13.8. The highest BCUT2D eigenvalue weighted by Gasteiger charge is 2.49. The first-order valence-electron chi connectivity index (χ1n) is 20.1. The number of anilines is 1. The van der Waals surface area contributed by atoms with E-state index in [2.05, 4.69) is 31.6 Å². The normalized spacial score (nSPS) is 31.6. The van der Waals surface area contributed by atoms with Gasteiger partial charge in [0.25, 0.3) is 5.91 Å². The van der Waals surface area contributed by atoms with E-state index in [1.807, 2.05) is 32.2 Å². The first-order valence-corrected chi connectivity index (χ1v) is 22.0. The van der Waals surface area contributed by atoms with Gasteiger partial charge in [0.2, 0.25) is 10.0 Å². The van der Waals surface area contributed by atoms with Crippen molar-refractivity contribution in [2.24, 2.45) is 17.8 Å². The number of allylic oxidation sites excluding steroid dienone is 1. The number of sulfonamides is 1. The molecule has 0 aromatic heterocycles. The van der Waals surface area contributed by atoms with Crippen LogP contribution < -0.4 is 14.4 Å². The van der Waals surface area contributed by atoms with Gasteiger partial charge in [0, 0.05) is 69.4 Å². The summed E-state index contributed by atoms with van der Waals surface area (Å²) in [5, 5.41) is -0.365. The molecule has 54 heavy (non-hydrogen) atoms. The highest BCUT2D eigenvalue weighted by molar-refractivity contribution is 7.90. The number of nitrogens with zero attached hydrogens (tertiary/aromatic N) is 3. The fourth-order valence-corrected chi connectivity index (χ4v) is 11.5. The van der Waals surface area contributed by atoms with Gasteiger partial charge in [0.15, 0.2) is 0 Å². The first-order chi connectivity index (χ1) is 26.1. The Bertz CT molecular complexity index is 1810. The third-order valence-corrected chi connectivity index (χ3v) is 15.2. The van der Waals surface area contributed by atoms with Crippen LogP contribution in [0.15, 0.2) is 48.6 Å². The Morgan fingerprint density at radius 2 is 1.85 bits per heavy atom. The van der Waals surface area contributed by atoms with E-state index in [1.165, 1.54) is 31.4 Å². The number of piperazine rings is 1. The van der Waals surface area contributed by atoms with Gasteiger partial charge in [-0.15, -0.1) is 0 Å². The van der Waals surface area contributed by atoms with Crippen molar-refractivity contribution < 1.29 is 27.5 Å². The maximum absolute atomic E-state index is 13.8. The number of carbonyl (C=O) groups is 2. The number of hydrogen-bond acceptors (Lipinski definition) is 9. The molecular weight excluding hydrogens is 724 g/mol. The Hall–Kier alpha value is -2.96. The number of rotatable bonds is 5. The van der Waals surface area contributed by atoms with E-state index >= 15 is 0 Å². The van der Waals surface area contributed by atoms with Crippen LogP contribution in [0, 0.1) is 17.8 Å². The van der Waals surface area contributed by atoms with Crippen molar-refractivity contribution in [2.45, 2.75) is 94.6 Å². The number of piperidine rings is 1. The van der Waals surface area contributed by atoms with Gasteiger partial charge >= 0.3 is 0 Å². The van der Waals surface area contributed by atoms with Crippen molar-refractivity contribution in [1.82, 2.24) is 14.5 Å². The van der Waals surface area contributed by atoms with Crippen molar-refractivity contribution in [3.05, 3.63) is 70.3 Å². The van der Waals surface area contributed by atoms with Crippen LogP contribution >= 0.6 is 11.6 Å². The maximum Gasteiger partial charge on any atom is 0.264 e. The number of carbonyl (C=O) groups excluding carboxylic acids is 2. The molecule has 0 radical (unpaired) electrons. The zero-order chi connectivity index (χ0) is 37.9. The molecule has 0 unspecified atom stereocenters. The molecule has 294 valence electrons. The third-order valence-electron chi connectivity index (χ3n) is 13.0. The van der Waals surface area contributed by atoms with E-state index in [1.54, 1.807) is 18.2 Å². The number of benzene rings is 2. The second kappa shape index (κ2) is 17.0. The van der Waals surface area contributed by atoms with Gasteiger partial charge in [-0.3, -0.25) is 14.6 Å². The molecule has 1 aliphatic carbocycles. The van der Waals surface area contributed by atoms with E-state index in [-0.39, 0.29) is 17.9 Å². The second-order valence-corrected chi connectivity index (χ2v) is 18.7. The molecule has 2 bridgehead atoms. The largest absolute Gasteiger partial charge is 0.487 e. The van der Waals surface area contributed by atoms with E-state index in [0.717, 1.165) is 82.6 Å². The molecule has 1 N–H and O–H groups in total. The number of methoxy groups -OCH3 is 1. The number of aldehydes is 1. The topological polar surface area (TPSA) is 108 Å². The number of nitrogens with one attached hydrogen (secondary N) is 1. The highest BCUT2D eigenvalue weighted by Crippen LogP contribution is 2.47. The molecule has 10 nitrogen and oxygen atoms in total. The number of fused-ring (bicyclic) bond motifs is 4. The molecule has 5 aliphatic rings. The van der Waals surface area contributed by atoms with Crippen molar-refractivity contribution in [1.29, 1.82) is 0 Å². The lowest BCUT2D eigenvalue weighted by atomic mass is 9.63. The van der Waals surface area contributed by atoms with Crippen molar-refractivity contribution in [3.63, 3.8) is 0 Å². The zero-order valence-electron chi connectivity index (χ0n) is 31.9. The summed E-state index contributed by atoms with van der Waals surface area (Å²) in [5.74, 6) is 0.0729.